The zero-order valence-electron chi connectivity index (χ0n) is 16.9. The van der Waals surface area contributed by atoms with Crippen LogP contribution in [0.25, 0.3) is 11.2 Å². The minimum Gasteiger partial charge on any atom is -0.461 e. The molecule has 29 heavy (non-hydrogen) atoms. The minimum atomic E-state index is -0.207. The summed E-state index contributed by atoms with van der Waals surface area (Å²) in [5, 5.41) is 0. The Morgan fingerprint density at radius 2 is 2.07 bits per heavy atom. The van der Waals surface area contributed by atoms with Crippen molar-refractivity contribution in [3.63, 3.8) is 0 Å². The molecule has 1 aliphatic heterocycles. The number of nitrogens with one attached hydrogen (secondary N) is 1. The molecule has 1 aromatic carbocycles. The fraction of sp³-hybridized carbons (Fsp3) is 0.476. The summed E-state index contributed by atoms with van der Waals surface area (Å²) in [5.74, 6) is 0. The van der Waals surface area contributed by atoms with Crippen LogP contribution >= 0.6 is 0 Å². The predicted octanol–water partition coefficient (Wildman–Crippen LogP) is 2.35. The van der Waals surface area contributed by atoms with E-state index >= 15 is 0 Å². The second-order valence-electron chi connectivity index (χ2n) is 7.41. The summed E-state index contributed by atoms with van der Waals surface area (Å²) in [6.45, 7) is 5.79. The Morgan fingerprint density at radius 3 is 2.86 bits per heavy atom. The van der Waals surface area contributed by atoms with Gasteiger partial charge < -0.3 is 14.5 Å². The number of methoxy groups -OCH3 is 1. The standard InChI is InChI=1S/C21H27N5O3/c1-15(25-8-3-4-9-25)17-7-5-6-16(12-17)14-26-19-18(23-21(26)27)13-22-20(24-19)29-11-10-28-2/h5-7,12-13,15H,3-4,8-11,14H2,1-2H3,(H,23,27). The molecule has 1 saturated heterocycles. The van der Waals surface area contributed by atoms with Crippen LogP contribution < -0.4 is 10.4 Å². The molecule has 2 aromatic heterocycles. The molecule has 3 aromatic rings. The highest BCUT2D eigenvalue weighted by Gasteiger charge is 2.19. The summed E-state index contributed by atoms with van der Waals surface area (Å²) in [6, 6.07) is 9.06. The fourth-order valence-electron chi connectivity index (χ4n) is 3.84. The van der Waals surface area contributed by atoms with Gasteiger partial charge in [0.25, 0.3) is 0 Å². The van der Waals surface area contributed by atoms with Crippen LogP contribution in [0, 0.1) is 0 Å². The maximum absolute atomic E-state index is 12.5. The summed E-state index contributed by atoms with van der Waals surface area (Å²) >= 11 is 0. The Labute approximate surface area is 169 Å². The number of hydrogen-bond acceptors (Lipinski definition) is 6. The van der Waals surface area contributed by atoms with Gasteiger partial charge in [0.05, 0.1) is 19.3 Å². The molecule has 0 bridgehead atoms. The Balaban J connectivity index is 1.58. The lowest BCUT2D eigenvalue weighted by Crippen LogP contribution is -2.23. The second kappa shape index (κ2) is 8.75. The highest BCUT2D eigenvalue weighted by molar-refractivity contribution is 5.69. The van der Waals surface area contributed by atoms with Gasteiger partial charge in [-0.1, -0.05) is 24.3 Å². The van der Waals surface area contributed by atoms with Gasteiger partial charge in [0.15, 0.2) is 5.65 Å². The van der Waals surface area contributed by atoms with E-state index in [0.717, 1.165) is 18.7 Å². The molecule has 1 atom stereocenters. The molecule has 0 aliphatic carbocycles. The average molecular weight is 397 g/mol. The third-order valence-corrected chi connectivity index (χ3v) is 5.47. The van der Waals surface area contributed by atoms with E-state index < -0.39 is 0 Å². The van der Waals surface area contributed by atoms with Crippen LogP contribution in [-0.2, 0) is 11.3 Å². The van der Waals surface area contributed by atoms with Crippen LogP contribution in [0.4, 0.5) is 0 Å². The summed E-state index contributed by atoms with van der Waals surface area (Å²) in [7, 11) is 1.61. The highest BCUT2D eigenvalue weighted by atomic mass is 16.5. The smallest absolute Gasteiger partial charge is 0.328 e. The maximum Gasteiger partial charge on any atom is 0.328 e. The van der Waals surface area contributed by atoms with Crippen LogP contribution in [0.1, 0.15) is 36.9 Å². The second-order valence-corrected chi connectivity index (χ2v) is 7.41. The number of aromatic nitrogens is 4. The number of H-pyrrole nitrogens is 1. The van der Waals surface area contributed by atoms with E-state index in [-0.39, 0.29) is 11.7 Å². The molecule has 8 heteroatoms. The molecule has 1 aliphatic rings. The van der Waals surface area contributed by atoms with E-state index in [1.165, 1.54) is 18.4 Å². The molecule has 154 valence electrons. The summed E-state index contributed by atoms with van der Waals surface area (Å²) in [4.78, 5) is 26.4. The number of hydrogen-bond donors (Lipinski definition) is 1. The zero-order valence-corrected chi connectivity index (χ0v) is 16.9. The van der Waals surface area contributed by atoms with Crippen molar-refractivity contribution in [2.24, 2.45) is 0 Å². The number of benzene rings is 1. The quantitative estimate of drug-likeness (QED) is 0.588. The summed E-state index contributed by atoms with van der Waals surface area (Å²) in [6.07, 6.45) is 4.11. The molecule has 1 unspecified atom stereocenters. The van der Waals surface area contributed by atoms with Crippen molar-refractivity contribution in [3.05, 3.63) is 52.1 Å². The molecule has 0 amide bonds. The van der Waals surface area contributed by atoms with E-state index in [1.54, 1.807) is 17.9 Å². The van der Waals surface area contributed by atoms with Crippen molar-refractivity contribution >= 4 is 11.2 Å². The Morgan fingerprint density at radius 1 is 1.24 bits per heavy atom. The fourth-order valence-corrected chi connectivity index (χ4v) is 3.84. The molecular weight excluding hydrogens is 370 g/mol. The Hall–Kier alpha value is -2.71. The highest BCUT2D eigenvalue weighted by Crippen LogP contribution is 2.25. The number of ether oxygens (including phenoxy) is 2. The Bertz CT molecular complexity index is 1020. The van der Waals surface area contributed by atoms with Crippen LogP contribution in [0.3, 0.4) is 0 Å². The van der Waals surface area contributed by atoms with E-state index in [0.29, 0.717) is 37.0 Å². The van der Waals surface area contributed by atoms with Gasteiger partial charge in [-0.25, -0.2) is 9.78 Å². The van der Waals surface area contributed by atoms with Crippen molar-refractivity contribution in [1.82, 2.24) is 24.4 Å². The molecular formula is C21H27N5O3. The summed E-state index contributed by atoms with van der Waals surface area (Å²) < 4.78 is 12.1. The third kappa shape index (κ3) is 4.33. The lowest BCUT2D eigenvalue weighted by molar-refractivity contribution is 0.141. The van der Waals surface area contributed by atoms with Gasteiger partial charge in [-0.05, 0) is 44.0 Å². The van der Waals surface area contributed by atoms with Gasteiger partial charge in [0.1, 0.15) is 12.1 Å². The van der Waals surface area contributed by atoms with E-state index in [2.05, 4.69) is 45.0 Å². The first-order chi connectivity index (χ1) is 14.2. The zero-order chi connectivity index (χ0) is 20.2. The van der Waals surface area contributed by atoms with Crippen molar-refractivity contribution in [3.8, 4) is 6.01 Å². The van der Waals surface area contributed by atoms with Gasteiger partial charge in [0.2, 0.25) is 0 Å². The largest absolute Gasteiger partial charge is 0.461 e. The molecule has 8 nitrogen and oxygen atoms in total. The van der Waals surface area contributed by atoms with E-state index in [9.17, 15) is 4.79 Å². The topological polar surface area (TPSA) is 85.3 Å². The summed E-state index contributed by atoms with van der Waals surface area (Å²) in [5.41, 5.74) is 3.26. The number of fused-ring (bicyclic) bond motifs is 1. The molecule has 3 heterocycles. The molecule has 4 rings (SSSR count). The van der Waals surface area contributed by atoms with Crippen LogP contribution in [0.15, 0.2) is 35.3 Å². The lowest BCUT2D eigenvalue weighted by atomic mass is 10.0. The third-order valence-electron chi connectivity index (χ3n) is 5.47. The van der Waals surface area contributed by atoms with E-state index in [4.69, 9.17) is 9.47 Å². The number of nitrogens with zero attached hydrogens (tertiary/aromatic N) is 4. The molecule has 0 saturated carbocycles. The van der Waals surface area contributed by atoms with E-state index in [1.807, 2.05) is 6.07 Å². The van der Waals surface area contributed by atoms with Crippen LogP contribution in [0.5, 0.6) is 6.01 Å². The number of likely N-dealkylation sites (tertiary alicyclic amines) is 1. The predicted molar refractivity (Wildman–Crippen MR) is 110 cm³/mol. The normalized spacial score (nSPS) is 15.8. The average Bonchev–Trinajstić information content (AvgIpc) is 3.37. The minimum absolute atomic E-state index is 0.207. The first kappa shape index (κ1) is 19.6. The van der Waals surface area contributed by atoms with Gasteiger partial charge in [0, 0.05) is 13.2 Å². The van der Waals surface area contributed by atoms with Crippen molar-refractivity contribution in [1.29, 1.82) is 0 Å². The number of aromatic amines is 1. The molecule has 0 spiro atoms. The van der Waals surface area contributed by atoms with Crippen molar-refractivity contribution in [2.45, 2.75) is 32.4 Å². The number of rotatable bonds is 8. The molecule has 0 radical (unpaired) electrons. The van der Waals surface area contributed by atoms with Crippen LogP contribution in [0.2, 0.25) is 0 Å². The Kier molecular flexibility index (Phi) is 5.92. The number of imidazole rings is 1. The van der Waals surface area contributed by atoms with Gasteiger partial charge in [-0.2, -0.15) is 4.98 Å². The maximum atomic E-state index is 12.5. The lowest BCUT2D eigenvalue weighted by Gasteiger charge is -2.24. The van der Waals surface area contributed by atoms with Gasteiger partial charge in [-0.15, -0.1) is 0 Å². The SMILES string of the molecule is COCCOc1ncc2[nH]c(=O)n(Cc3cccc(C(C)N4CCCC4)c3)c2n1. The monoisotopic (exact) mass is 397 g/mol. The van der Waals surface area contributed by atoms with Crippen LogP contribution in [-0.4, -0.2) is 57.8 Å². The van der Waals surface area contributed by atoms with Crippen molar-refractivity contribution in [2.75, 3.05) is 33.4 Å². The van der Waals surface area contributed by atoms with Gasteiger partial charge >= 0.3 is 11.7 Å². The van der Waals surface area contributed by atoms with Crippen molar-refractivity contribution < 1.29 is 9.47 Å². The van der Waals surface area contributed by atoms with Gasteiger partial charge in [-0.3, -0.25) is 9.47 Å². The first-order valence-corrected chi connectivity index (χ1v) is 10.1. The first-order valence-electron chi connectivity index (χ1n) is 10.1. The molecule has 1 fully saturated rings. The molecule has 1 N–H and O–H groups in total.